The molecule has 0 aliphatic rings. The fraction of sp³-hybridized carbons (Fsp3) is 0. The Hall–Kier alpha value is -1.46. The van der Waals surface area contributed by atoms with E-state index < -0.39 is 5.97 Å². The molecule has 0 aliphatic carbocycles. The minimum atomic E-state index is -1.07. The molecule has 0 fully saturated rings. The molecule has 1 N–H and O–H groups in total. The molecule has 0 bridgehead atoms. The highest BCUT2D eigenvalue weighted by Gasteiger charge is 2.16. The quantitative estimate of drug-likeness (QED) is 0.913. The fourth-order valence-corrected chi connectivity index (χ4v) is 2.31. The summed E-state index contributed by atoms with van der Waals surface area (Å²) in [5.41, 5.74) is 0.0624. The lowest BCUT2D eigenvalue weighted by Gasteiger charge is -2.04. The molecule has 0 amide bonds. The Balaban J connectivity index is 2.40. The van der Waals surface area contributed by atoms with Crippen molar-refractivity contribution in [2.24, 2.45) is 0 Å². The average molecular weight is 256 g/mol. The van der Waals surface area contributed by atoms with E-state index in [1.54, 1.807) is 12.1 Å². The monoisotopic (exact) mass is 255 g/mol. The van der Waals surface area contributed by atoms with E-state index in [1.807, 2.05) is 0 Å². The second kappa shape index (κ2) is 4.59. The number of hydrogen-bond acceptors (Lipinski definition) is 4. The average Bonchev–Trinajstić information content (AvgIpc) is 2.70. The van der Waals surface area contributed by atoms with Crippen LogP contribution in [-0.4, -0.2) is 16.1 Å². The van der Waals surface area contributed by atoms with Crippen LogP contribution in [-0.2, 0) is 0 Å². The molecule has 0 atom stereocenters. The maximum Gasteiger partial charge on any atom is 0.338 e. The summed E-state index contributed by atoms with van der Waals surface area (Å²) in [4.78, 5) is 15.4. The van der Waals surface area contributed by atoms with Crippen molar-refractivity contribution in [1.29, 1.82) is 0 Å². The normalized spacial score (nSPS) is 10.3. The first-order chi connectivity index (χ1) is 7.68. The van der Waals surface area contributed by atoms with Crippen LogP contribution in [0, 0.1) is 0 Å². The zero-order valence-electron chi connectivity index (χ0n) is 7.88. The van der Waals surface area contributed by atoms with Crippen molar-refractivity contribution >= 4 is 29.3 Å². The highest BCUT2D eigenvalue weighted by Crippen LogP contribution is 2.32. The van der Waals surface area contributed by atoms with Crippen molar-refractivity contribution in [3.8, 4) is 0 Å². The van der Waals surface area contributed by atoms with Gasteiger partial charge in [0.05, 0.1) is 16.8 Å². The van der Waals surface area contributed by atoms with Crippen molar-refractivity contribution in [2.75, 3.05) is 0 Å². The summed E-state index contributed by atoms with van der Waals surface area (Å²) < 4.78 is 5.03. The minimum Gasteiger partial charge on any atom is -0.478 e. The molecule has 0 aliphatic heterocycles. The van der Waals surface area contributed by atoms with Crippen LogP contribution in [0.1, 0.15) is 10.4 Å². The van der Waals surface area contributed by atoms with Gasteiger partial charge in [0.25, 0.3) is 5.22 Å². The number of hydrogen-bond donors (Lipinski definition) is 1. The number of carboxylic acid groups (broad SMARTS) is 1. The second-order valence-corrected chi connectivity index (χ2v) is 4.22. The Morgan fingerprint density at radius 2 is 2.31 bits per heavy atom. The van der Waals surface area contributed by atoms with Gasteiger partial charge in [0.1, 0.15) is 6.26 Å². The number of aromatic nitrogens is 1. The van der Waals surface area contributed by atoms with Gasteiger partial charge in [-0.2, -0.15) is 0 Å². The Labute approximate surface area is 100 Å². The van der Waals surface area contributed by atoms with Gasteiger partial charge in [-0.25, -0.2) is 9.78 Å². The predicted octanol–water partition coefficient (Wildman–Crippen LogP) is 3.18. The lowest BCUT2D eigenvalue weighted by molar-refractivity contribution is 0.0693. The van der Waals surface area contributed by atoms with Crippen LogP contribution in [0.15, 0.2) is 45.2 Å². The van der Waals surface area contributed by atoms with Crippen molar-refractivity contribution in [2.45, 2.75) is 10.1 Å². The molecule has 1 heterocycles. The number of benzene rings is 1. The molecule has 2 aromatic rings. The van der Waals surface area contributed by atoms with E-state index in [1.165, 1.54) is 18.5 Å². The zero-order chi connectivity index (χ0) is 11.5. The van der Waals surface area contributed by atoms with Crippen LogP contribution >= 0.6 is 23.4 Å². The van der Waals surface area contributed by atoms with Crippen LogP contribution in [0.25, 0.3) is 0 Å². The van der Waals surface area contributed by atoms with Crippen LogP contribution in [0.2, 0.25) is 5.02 Å². The number of nitrogens with zero attached hydrogens (tertiary/aromatic N) is 1. The SMILES string of the molecule is O=C(O)c1c(Cl)cccc1Sc1ncco1. The van der Waals surface area contributed by atoms with Gasteiger partial charge in [-0.15, -0.1) is 0 Å². The summed E-state index contributed by atoms with van der Waals surface area (Å²) >= 11 is 6.94. The fourth-order valence-electron chi connectivity index (χ4n) is 1.15. The molecule has 0 saturated heterocycles. The molecule has 16 heavy (non-hydrogen) atoms. The zero-order valence-corrected chi connectivity index (χ0v) is 9.46. The first-order valence-corrected chi connectivity index (χ1v) is 5.47. The Morgan fingerprint density at radius 3 is 2.94 bits per heavy atom. The standard InChI is InChI=1S/C10H6ClNO3S/c11-6-2-1-3-7(8(6)9(13)14)16-10-12-4-5-15-10/h1-5H,(H,13,14). The molecule has 0 spiro atoms. The van der Waals surface area contributed by atoms with E-state index in [0.29, 0.717) is 10.1 Å². The number of oxazole rings is 1. The van der Waals surface area contributed by atoms with Gasteiger partial charge in [-0.3, -0.25) is 0 Å². The molecule has 0 saturated carbocycles. The van der Waals surface area contributed by atoms with Crippen LogP contribution in [0.4, 0.5) is 0 Å². The third-order valence-corrected chi connectivity index (χ3v) is 3.05. The smallest absolute Gasteiger partial charge is 0.338 e. The largest absolute Gasteiger partial charge is 0.478 e. The van der Waals surface area contributed by atoms with Crippen LogP contribution in [0.3, 0.4) is 0 Å². The number of aromatic carboxylic acids is 1. The summed E-state index contributed by atoms with van der Waals surface area (Å²) in [7, 11) is 0. The summed E-state index contributed by atoms with van der Waals surface area (Å²) in [6.07, 6.45) is 2.92. The molecule has 1 aromatic carbocycles. The number of carboxylic acids is 1. The predicted molar refractivity (Wildman–Crippen MR) is 59.0 cm³/mol. The highest BCUT2D eigenvalue weighted by molar-refractivity contribution is 7.99. The van der Waals surface area contributed by atoms with Gasteiger partial charge < -0.3 is 9.52 Å². The van der Waals surface area contributed by atoms with E-state index in [0.717, 1.165) is 11.8 Å². The molecular formula is C10H6ClNO3S. The summed E-state index contributed by atoms with van der Waals surface area (Å²) in [6.45, 7) is 0. The van der Waals surface area contributed by atoms with Gasteiger partial charge in [-0.1, -0.05) is 17.7 Å². The third kappa shape index (κ3) is 2.20. The molecule has 6 heteroatoms. The Morgan fingerprint density at radius 1 is 1.50 bits per heavy atom. The molecule has 1 aromatic heterocycles. The van der Waals surface area contributed by atoms with Crippen LogP contribution < -0.4 is 0 Å². The number of halogens is 1. The number of rotatable bonds is 3. The lowest BCUT2D eigenvalue weighted by atomic mass is 10.2. The van der Waals surface area contributed by atoms with E-state index >= 15 is 0 Å². The third-order valence-electron chi connectivity index (χ3n) is 1.80. The van der Waals surface area contributed by atoms with Gasteiger partial charge in [0.15, 0.2) is 0 Å². The first-order valence-electron chi connectivity index (χ1n) is 4.27. The van der Waals surface area contributed by atoms with Gasteiger partial charge in [0, 0.05) is 4.90 Å². The van der Waals surface area contributed by atoms with Crippen molar-refractivity contribution in [3.63, 3.8) is 0 Å². The maximum absolute atomic E-state index is 11.0. The van der Waals surface area contributed by atoms with E-state index in [4.69, 9.17) is 21.1 Å². The molecular weight excluding hydrogens is 250 g/mol. The summed E-state index contributed by atoms with van der Waals surface area (Å²) in [5.74, 6) is -1.07. The lowest BCUT2D eigenvalue weighted by Crippen LogP contribution is -1.99. The van der Waals surface area contributed by atoms with E-state index in [2.05, 4.69) is 4.98 Å². The first kappa shape index (κ1) is 11.0. The maximum atomic E-state index is 11.0. The van der Waals surface area contributed by atoms with E-state index in [-0.39, 0.29) is 10.6 Å². The number of carbonyl (C=O) groups is 1. The van der Waals surface area contributed by atoms with E-state index in [9.17, 15) is 4.79 Å². The van der Waals surface area contributed by atoms with Gasteiger partial charge >= 0.3 is 5.97 Å². The highest BCUT2D eigenvalue weighted by atomic mass is 35.5. The van der Waals surface area contributed by atoms with Crippen molar-refractivity contribution < 1.29 is 14.3 Å². The van der Waals surface area contributed by atoms with Crippen LogP contribution in [0.5, 0.6) is 0 Å². The summed E-state index contributed by atoms with van der Waals surface area (Å²) in [6, 6.07) is 4.87. The summed E-state index contributed by atoms with van der Waals surface area (Å²) in [5, 5.41) is 9.60. The molecule has 82 valence electrons. The minimum absolute atomic E-state index is 0.0624. The van der Waals surface area contributed by atoms with Crippen molar-refractivity contribution in [1.82, 2.24) is 4.98 Å². The molecule has 0 unspecified atom stereocenters. The topological polar surface area (TPSA) is 63.3 Å². The Bertz CT molecular complexity index is 513. The van der Waals surface area contributed by atoms with Gasteiger partial charge in [0.2, 0.25) is 0 Å². The molecule has 0 radical (unpaired) electrons. The Kier molecular flexibility index (Phi) is 3.17. The molecule has 4 nitrogen and oxygen atoms in total. The van der Waals surface area contributed by atoms with Crippen molar-refractivity contribution in [3.05, 3.63) is 41.2 Å². The van der Waals surface area contributed by atoms with Gasteiger partial charge in [-0.05, 0) is 23.9 Å². The second-order valence-electron chi connectivity index (χ2n) is 2.82. The molecule has 2 rings (SSSR count).